The molecular weight excluding hydrogens is 278 g/mol. The Bertz CT molecular complexity index is 738. The number of nitrogens with zero attached hydrogens (tertiary/aromatic N) is 2. The quantitative estimate of drug-likeness (QED) is 0.851. The van der Waals surface area contributed by atoms with Gasteiger partial charge >= 0.3 is 0 Å². The monoisotopic (exact) mass is 295 g/mol. The third-order valence-corrected chi connectivity index (χ3v) is 5.42. The molecule has 7 heteroatoms. The van der Waals surface area contributed by atoms with Crippen LogP contribution < -0.4 is 5.73 Å². The van der Waals surface area contributed by atoms with Gasteiger partial charge < -0.3 is 10.2 Å². The lowest BCUT2D eigenvalue weighted by molar-refractivity contribution is 0.231. The fourth-order valence-electron chi connectivity index (χ4n) is 2.52. The highest BCUT2D eigenvalue weighted by atomic mass is 32.2. The zero-order valence-corrected chi connectivity index (χ0v) is 12.1. The molecule has 0 aliphatic carbocycles. The molecule has 1 atom stereocenters. The van der Waals surface area contributed by atoms with Gasteiger partial charge in [-0.1, -0.05) is 0 Å². The summed E-state index contributed by atoms with van der Waals surface area (Å²) in [5, 5.41) is 0. The largest absolute Gasteiger partial charge is 0.439 e. The molecule has 1 fully saturated rings. The number of hydrogen-bond acceptors (Lipinski definition) is 6. The van der Waals surface area contributed by atoms with Crippen LogP contribution >= 0.6 is 0 Å². The van der Waals surface area contributed by atoms with Crippen molar-refractivity contribution in [3.8, 4) is 0 Å². The SMILES string of the molecule is CN(Cc1nc2ccc(N)cc2o1)C1CCS(=O)(=O)C1. The molecule has 2 N–H and O–H groups in total. The van der Waals surface area contributed by atoms with Gasteiger partial charge in [0.1, 0.15) is 5.52 Å². The summed E-state index contributed by atoms with van der Waals surface area (Å²) in [7, 11) is -0.975. The molecule has 0 bridgehead atoms. The second-order valence-electron chi connectivity index (χ2n) is 5.31. The highest BCUT2D eigenvalue weighted by Gasteiger charge is 2.31. The van der Waals surface area contributed by atoms with Crippen LogP contribution in [0.5, 0.6) is 0 Å². The minimum absolute atomic E-state index is 0.0417. The Morgan fingerprint density at radius 2 is 2.30 bits per heavy atom. The fraction of sp³-hybridized carbons (Fsp3) is 0.462. The van der Waals surface area contributed by atoms with E-state index in [0.717, 1.165) is 5.52 Å². The maximum absolute atomic E-state index is 11.5. The van der Waals surface area contributed by atoms with Gasteiger partial charge in [0.05, 0.1) is 18.1 Å². The highest BCUT2D eigenvalue weighted by Crippen LogP contribution is 2.22. The summed E-state index contributed by atoms with van der Waals surface area (Å²) in [6.45, 7) is 0.495. The molecule has 1 aromatic heterocycles. The third-order valence-electron chi connectivity index (χ3n) is 3.67. The van der Waals surface area contributed by atoms with Crippen molar-refractivity contribution in [2.24, 2.45) is 0 Å². The molecule has 6 nitrogen and oxygen atoms in total. The molecule has 0 amide bonds. The normalized spacial score (nSPS) is 21.8. The van der Waals surface area contributed by atoms with Crippen molar-refractivity contribution in [3.63, 3.8) is 0 Å². The van der Waals surface area contributed by atoms with Crippen molar-refractivity contribution in [1.82, 2.24) is 9.88 Å². The number of fused-ring (bicyclic) bond motifs is 1. The van der Waals surface area contributed by atoms with Gasteiger partial charge in [-0.15, -0.1) is 0 Å². The number of aromatic nitrogens is 1. The number of hydrogen-bond donors (Lipinski definition) is 1. The Kier molecular flexibility index (Phi) is 3.18. The van der Waals surface area contributed by atoms with Crippen molar-refractivity contribution in [2.75, 3.05) is 24.3 Å². The zero-order chi connectivity index (χ0) is 14.3. The first-order chi connectivity index (χ1) is 9.43. The van der Waals surface area contributed by atoms with Crippen molar-refractivity contribution < 1.29 is 12.8 Å². The Hall–Kier alpha value is -1.60. The Balaban J connectivity index is 1.76. The summed E-state index contributed by atoms with van der Waals surface area (Å²) in [5.41, 5.74) is 7.76. The van der Waals surface area contributed by atoms with E-state index in [-0.39, 0.29) is 17.5 Å². The summed E-state index contributed by atoms with van der Waals surface area (Å²) < 4.78 is 28.6. The van der Waals surface area contributed by atoms with Crippen LogP contribution in [0.1, 0.15) is 12.3 Å². The van der Waals surface area contributed by atoms with Crippen LogP contribution in [-0.2, 0) is 16.4 Å². The van der Waals surface area contributed by atoms with Crippen LogP contribution in [0.2, 0.25) is 0 Å². The van der Waals surface area contributed by atoms with E-state index in [1.807, 2.05) is 18.0 Å². The van der Waals surface area contributed by atoms with E-state index >= 15 is 0 Å². The number of nitrogens with two attached hydrogens (primary N) is 1. The average molecular weight is 295 g/mol. The molecular formula is C13H17N3O3S. The van der Waals surface area contributed by atoms with E-state index in [2.05, 4.69) is 4.98 Å². The summed E-state index contributed by atoms with van der Waals surface area (Å²) in [6, 6.07) is 5.38. The lowest BCUT2D eigenvalue weighted by Crippen LogP contribution is -2.32. The van der Waals surface area contributed by atoms with Crippen LogP contribution in [0.15, 0.2) is 22.6 Å². The predicted octanol–water partition coefficient (Wildman–Crippen LogP) is 1.03. The molecule has 20 heavy (non-hydrogen) atoms. The lowest BCUT2D eigenvalue weighted by Gasteiger charge is -2.20. The summed E-state index contributed by atoms with van der Waals surface area (Å²) in [5.74, 6) is 1.07. The molecule has 0 saturated carbocycles. The second kappa shape index (κ2) is 4.75. The van der Waals surface area contributed by atoms with Gasteiger partial charge in [0, 0.05) is 17.8 Å². The first-order valence-electron chi connectivity index (χ1n) is 6.48. The van der Waals surface area contributed by atoms with E-state index in [1.54, 1.807) is 12.1 Å². The van der Waals surface area contributed by atoms with Crippen LogP contribution in [0, 0.1) is 0 Å². The van der Waals surface area contributed by atoms with Gasteiger partial charge in [0.25, 0.3) is 0 Å². The molecule has 1 aliphatic heterocycles. The van der Waals surface area contributed by atoms with Gasteiger partial charge in [-0.05, 0) is 25.6 Å². The number of benzene rings is 1. The number of anilines is 1. The standard InChI is InChI=1S/C13H17N3O3S/c1-16(10-4-5-20(17,18)8-10)7-13-15-11-3-2-9(14)6-12(11)19-13/h2-3,6,10H,4-5,7-8,14H2,1H3. The van der Waals surface area contributed by atoms with Crippen LogP contribution in [0.4, 0.5) is 5.69 Å². The molecule has 3 rings (SSSR count). The first-order valence-corrected chi connectivity index (χ1v) is 8.31. The molecule has 2 aromatic rings. The van der Waals surface area contributed by atoms with Crippen LogP contribution in [0.25, 0.3) is 11.1 Å². The number of sulfone groups is 1. The Morgan fingerprint density at radius 1 is 1.50 bits per heavy atom. The molecule has 1 saturated heterocycles. The summed E-state index contributed by atoms with van der Waals surface area (Å²) in [4.78, 5) is 6.37. The van der Waals surface area contributed by atoms with Gasteiger partial charge in [-0.25, -0.2) is 13.4 Å². The number of rotatable bonds is 3. The molecule has 0 radical (unpaired) electrons. The minimum Gasteiger partial charge on any atom is -0.439 e. The zero-order valence-electron chi connectivity index (χ0n) is 11.2. The van der Waals surface area contributed by atoms with Gasteiger partial charge in [-0.3, -0.25) is 4.90 Å². The van der Waals surface area contributed by atoms with E-state index in [0.29, 0.717) is 30.1 Å². The first kappa shape index (κ1) is 13.4. The average Bonchev–Trinajstić information content (AvgIpc) is 2.91. The number of oxazole rings is 1. The smallest absolute Gasteiger partial charge is 0.209 e. The molecule has 108 valence electrons. The maximum atomic E-state index is 11.5. The van der Waals surface area contributed by atoms with Gasteiger partial charge in [-0.2, -0.15) is 0 Å². The van der Waals surface area contributed by atoms with E-state index in [1.165, 1.54) is 0 Å². The fourth-order valence-corrected chi connectivity index (χ4v) is 4.33. The maximum Gasteiger partial charge on any atom is 0.209 e. The molecule has 0 spiro atoms. The molecule has 1 unspecified atom stereocenters. The van der Waals surface area contributed by atoms with E-state index in [9.17, 15) is 8.42 Å². The summed E-state index contributed by atoms with van der Waals surface area (Å²) >= 11 is 0. The van der Waals surface area contributed by atoms with Crippen molar-refractivity contribution in [3.05, 3.63) is 24.1 Å². The number of nitrogen functional groups attached to an aromatic ring is 1. The Morgan fingerprint density at radius 3 is 3.00 bits per heavy atom. The topological polar surface area (TPSA) is 89.4 Å². The Labute approximate surface area is 117 Å². The lowest BCUT2D eigenvalue weighted by atomic mass is 10.2. The van der Waals surface area contributed by atoms with Gasteiger partial charge in [0.2, 0.25) is 5.89 Å². The predicted molar refractivity (Wildman–Crippen MR) is 76.9 cm³/mol. The highest BCUT2D eigenvalue weighted by molar-refractivity contribution is 7.91. The van der Waals surface area contributed by atoms with Crippen molar-refractivity contribution in [2.45, 2.75) is 19.0 Å². The minimum atomic E-state index is -2.87. The van der Waals surface area contributed by atoms with Crippen molar-refractivity contribution in [1.29, 1.82) is 0 Å². The van der Waals surface area contributed by atoms with E-state index < -0.39 is 9.84 Å². The third kappa shape index (κ3) is 2.64. The second-order valence-corrected chi connectivity index (χ2v) is 7.54. The van der Waals surface area contributed by atoms with Crippen molar-refractivity contribution >= 4 is 26.6 Å². The van der Waals surface area contributed by atoms with E-state index in [4.69, 9.17) is 10.2 Å². The molecule has 1 aromatic carbocycles. The molecule has 2 heterocycles. The van der Waals surface area contributed by atoms with Gasteiger partial charge in [0.15, 0.2) is 15.4 Å². The van der Waals surface area contributed by atoms with Crippen LogP contribution in [0.3, 0.4) is 0 Å². The summed E-state index contributed by atoms with van der Waals surface area (Å²) in [6.07, 6.45) is 0.673. The molecule has 1 aliphatic rings. The van der Waals surface area contributed by atoms with Crippen LogP contribution in [-0.4, -0.2) is 42.9 Å².